The smallest absolute Gasteiger partial charge is 0.226 e. The van der Waals surface area contributed by atoms with Crippen LogP contribution in [0.5, 0.6) is 11.5 Å². The van der Waals surface area contributed by atoms with E-state index in [1.807, 2.05) is 0 Å². The third kappa shape index (κ3) is 5.99. The van der Waals surface area contributed by atoms with Gasteiger partial charge in [0, 0.05) is 32.5 Å². The van der Waals surface area contributed by atoms with Crippen LogP contribution in [0.25, 0.3) is 0 Å². The molecule has 1 N–H and O–H groups in total. The number of anilines is 1. The van der Waals surface area contributed by atoms with E-state index >= 15 is 0 Å². The lowest BCUT2D eigenvalue weighted by Gasteiger charge is -2.21. The van der Waals surface area contributed by atoms with Gasteiger partial charge in [-0.2, -0.15) is 0 Å². The zero-order valence-electron chi connectivity index (χ0n) is 15.6. The molecule has 0 aliphatic carbocycles. The Morgan fingerprint density at radius 1 is 1.07 bits per heavy atom. The van der Waals surface area contributed by atoms with Crippen LogP contribution in [0.1, 0.15) is 18.9 Å². The standard InChI is InChI=1S/C20H23FN2O4/c1-14(24)23(13-15-4-6-16(21)7-5-15)11-10-20(25)22-18-9-8-17(26-2)12-19(18)27-3/h4-9,12H,10-11,13H2,1-3H3,(H,22,25). The summed E-state index contributed by atoms with van der Waals surface area (Å²) in [5.74, 6) is 0.364. The zero-order chi connectivity index (χ0) is 19.8. The number of rotatable bonds is 8. The fourth-order valence-corrected chi connectivity index (χ4v) is 2.51. The van der Waals surface area contributed by atoms with Crippen molar-refractivity contribution in [2.24, 2.45) is 0 Å². The van der Waals surface area contributed by atoms with Crippen LogP contribution in [0.4, 0.5) is 10.1 Å². The Balaban J connectivity index is 1.95. The first-order valence-electron chi connectivity index (χ1n) is 8.44. The van der Waals surface area contributed by atoms with Crippen LogP contribution in [0.15, 0.2) is 42.5 Å². The number of carbonyl (C=O) groups excluding carboxylic acids is 2. The molecule has 0 spiro atoms. The molecule has 0 aromatic heterocycles. The molecule has 0 saturated carbocycles. The van der Waals surface area contributed by atoms with Gasteiger partial charge in [0.15, 0.2) is 0 Å². The van der Waals surface area contributed by atoms with E-state index in [0.29, 0.717) is 23.7 Å². The van der Waals surface area contributed by atoms with Crippen LogP contribution >= 0.6 is 0 Å². The van der Waals surface area contributed by atoms with Crippen LogP contribution in [-0.2, 0) is 16.1 Å². The molecule has 2 rings (SSSR count). The van der Waals surface area contributed by atoms with E-state index in [1.54, 1.807) is 37.4 Å². The van der Waals surface area contributed by atoms with Crippen molar-refractivity contribution in [1.29, 1.82) is 0 Å². The largest absolute Gasteiger partial charge is 0.497 e. The number of ether oxygens (including phenoxy) is 2. The van der Waals surface area contributed by atoms with Crippen LogP contribution in [0.2, 0.25) is 0 Å². The lowest BCUT2D eigenvalue weighted by atomic mass is 10.2. The number of halogens is 1. The van der Waals surface area contributed by atoms with E-state index in [4.69, 9.17) is 9.47 Å². The van der Waals surface area contributed by atoms with Gasteiger partial charge in [0.2, 0.25) is 11.8 Å². The van der Waals surface area contributed by atoms with Crippen molar-refractivity contribution in [3.63, 3.8) is 0 Å². The van der Waals surface area contributed by atoms with Crippen molar-refractivity contribution in [3.05, 3.63) is 53.8 Å². The van der Waals surface area contributed by atoms with E-state index in [1.165, 1.54) is 31.1 Å². The molecular formula is C20H23FN2O4. The van der Waals surface area contributed by atoms with Gasteiger partial charge in [-0.25, -0.2) is 4.39 Å². The molecule has 0 saturated heterocycles. The molecule has 0 aliphatic heterocycles. The number of methoxy groups -OCH3 is 2. The summed E-state index contributed by atoms with van der Waals surface area (Å²) >= 11 is 0. The van der Waals surface area contributed by atoms with Gasteiger partial charge in [-0.15, -0.1) is 0 Å². The fraction of sp³-hybridized carbons (Fsp3) is 0.300. The molecule has 0 heterocycles. The van der Waals surface area contributed by atoms with Crippen molar-refractivity contribution < 1.29 is 23.5 Å². The summed E-state index contributed by atoms with van der Waals surface area (Å²) in [5.41, 5.74) is 1.32. The third-order valence-electron chi connectivity index (χ3n) is 4.02. The van der Waals surface area contributed by atoms with Crippen LogP contribution in [0, 0.1) is 5.82 Å². The van der Waals surface area contributed by atoms with E-state index in [-0.39, 0.29) is 30.6 Å². The second-order valence-corrected chi connectivity index (χ2v) is 5.93. The predicted octanol–water partition coefficient (Wildman–Crippen LogP) is 3.22. The summed E-state index contributed by atoms with van der Waals surface area (Å²) < 4.78 is 23.4. The molecule has 0 atom stereocenters. The maximum atomic E-state index is 13.0. The molecule has 7 heteroatoms. The molecule has 144 valence electrons. The highest BCUT2D eigenvalue weighted by molar-refractivity contribution is 5.92. The van der Waals surface area contributed by atoms with Gasteiger partial charge in [0.1, 0.15) is 17.3 Å². The molecule has 0 fully saturated rings. The molecule has 6 nitrogen and oxygen atoms in total. The number of hydrogen-bond acceptors (Lipinski definition) is 4. The summed E-state index contributed by atoms with van der Waals surface area (Å²) in [7, 11) is 3.05. The maximum Gasteiger partial charge on any atom is 0.226 e. The van der Waals surface area contributed by atoms with E-state index in [9.17, 15) is 14.0 Å². The lowest BCUT2D eigenvalue weighted by Crippen LogP contribution is -2.31. The highest BCUT2D eigenvalue weighted by Gasteiger charge is 2.14. The Labute approximate surface area is 157 Å². The Morgan fingerprint density at radius 3 is 2.37 bits per heavy atom. The highest BCUT2D eigenvalue weighted by atomic mass is 19.1. The van der Waals surface area contributed by atoms with Crippen LogP contribution in [-0.4, -0.2) is 37.5 Å². The second-order valence-electron chi connectivity index (χ2n) is 5.93. The zero-order valence-corrected chi connectivity index (χ0v) is 15.6. The second kappa shape index (κ2) is 9.56. The third-order valence-corrected chi connectivity index (χ3v) is 4.02. The summed E-state index contributed by atoms with van der Waals surface area (Å²) in [6, 6.07) is 11.0. The minimum absolute atomic E-state index is 0.121. The molecule has 0 bridgehead atoms. The molecule has 2 amide bonds. The molecule has 2 aromatic rings. The number of amides is 2. The molecule has 27 heavy (non-hydrogen) atoms. The first-order chi connectivity index (χ1) is 12.9. The van der Waals surface area contributed by atoms with Crippen molar-refractivity contribution in [2.75, 3.05) is 26.1 Å². The number of nitrogens with zero attached hydrogens (tertiary/aromatic N) is 1. The average molecular weight is 374 g/mol. The van der Waals surface area contributed by atoms with Crippen molar-refractivity contribution >= 4 is 17.5 Å². The summed E-state index contributed by atoms with van der Waals surface area (Å²) in [6.07, 6.45) is 0.121. The Morgan fingerprint density at radius 2 is 1.78 bits per heavy atom. The maximum absolute atomic E-state index is 13.0. The highest BCUT2D eigenvalue weighted by Crippen LogP contribution is 2.29. The van der Waals surface area contributed by atoms with Gasteiger partial charge in [0.25, 0.3) is 0 Å². The topological polar surface area (TPSA) is 67.9 Å². The first kappa shape index (κ1) is 20.2. The Bertz CT molecular complexity index is 793. The Hall–Kier alpha value is -3.09. The first-order valence-corrected chi connectivity index (χ1v) is 8.44. The van der Waals surface area contributed by atoms with Gasteiger partial charge in [-0.05, 0) is 29.8 Å². The van der Waals surface area contributed by atoms with Crippen molar-refractivity contribution in [2.45, 2.75) is 19.9 Å². The van der Waals surface area contributed by atoms with Gasteiger partial charge in [-0.3, -0.25) is 9.59 Å². The Kier molecular flexibility index (Phi) is 7.16. The summed E-state index contributed by atoms with van der Waals surface area (Å²) in [5, 5.41) is 2.77. The normalized spacial score (nSPS) is 10.2. The molecule has 0 radical (unpaired) electrons. The summed E-state index contributed by atoms with van der Waals surface area (Å²) in [6.45, 7) is 2.00. The number of benzene rings is 2. The van der Waals surface area contributed by atoms with Crippen molar-refractivity contribution in [3.8, 4) is 11.5 Å². The minimum Gasteiger partial charge on any atom is -0.497 e. The predicted molar refractivity (Wildman–Crippen MR) is 100 cm³/mol. The SMILES string of the molecule is COc1ccc(NC(=O)CCN(Cc2ccc(F)cc2)C(C)=O)c(OC)c1. The number of nitrogens with one attached hydrogen (secondary N) is 1. The van der Waals surface area contributed by atoms with E-state index in [2.05, 4.69) is 5.32 Å². The van der Waals surface area contributed by atoms with Gasteiger partial charge >= 0.3 is 0 Å². The average Bonchev–Trinajstić information content (AvgIpc) is 2.66. The van der Waals surface area contributed by atoms with E-state index < -0.39 is 0 Å². The molecular weight excluding hydrogens is 351 g/mol. The fourth-order valence-electron chi connectivity index (χ4n) is 2.51. The quantitative estimate of drug-likeness (QED) is 0.770. The number of carbonyl (C=O) groups is 2. The van der Waals surface area contributed by atoms with Gasteiger partial charge < -0.3 is 19.7 Å². The van der Waals surface area contributed by atoms with Gasteiger partial charge in [-0.1, -0.05) is 12.1 Å². The van der Waals surface area contributed by atoms with E-state index in [0.717, 1.165) is 5.56 Å². The van der Waals surface area contributed by atoms with Crippen LogP contribution < -0.4 is 14.8 Å². The van der Waals surface area contributed by atoms with Crippen LogP contribution in [0.3, 0.4) is 0 Å². The molecule has 0 unspecified atom stereocenters. The van der Waals surface area contributed by atoms with Gasteiger partial charge in [0.05, 0.1) is 19.9 Å². The molecule has 0 aliphatic rings. The molecule has 2 aromatic carbocycles. The number of hydrogen-bond donors (Lipinski definition) is 1. The summed E-state index contributed by atoms with van der Waals surface area (Å²) in [4.78, 5) is 25.7. The minimum atomic E-state index is -0.332. The monoisotopic (exact) mass is 374 g/mol. The van der Waals surface area contributed by atoms with Crippen molar-refractivity contribution in [1.82, 2.24) is 4.90 Å². The lowest BCUT2D eigenvalue weighted by molar-refractivity contribution is -0.129.